The summed E-state index contributed by atoms with van der Waals surface area (Å²) in [6, 6.07) is 5.79. The average molecular weight is 283 g/mol. The molecule has 102 valence electrons. The van der Waals surface area contributed by atoms with Crippen LogP contribution in [0.25, 0.3) is 6.08 Å². The van der Waals surface area contributed by atoms with Crippen LogP contribution in [0.4, 0.5) is 0 Å². The highest BCUT2D eigenvalue weighted by Gasteiger charge is 2.25. The zero-order chi connectivity index (χ0) is 13.9. The number of carboxylic acid groups (broad SMARTS) is 1. The molecule has 0 radical (unpaired) electrons. The van der Waals surface area contributed by atoms with Crippen molar-refractivity contribution in [2.75, 3.05) is 13.2 Å². The fourth-order valence-electron chi connectivity index (χ4n) is 1.52. The van der Waals surface area contributed by atoms with Gasteiger partial charge in [0.25, 0.3) is 0 Å². The summed E-state index contributed by atoms with van der Waals surface area (Å²) in [7, 11) is -3.54. The van der Waals surface area contributed by atoms with Gasteiger partial charge in [0, 0.05) is 6.08 Å². The molecule has 0 bridgehead atoms. The summed E-state index contributed by atoms with van der Waals surface area (Å²) in [5.41, 5.74) is 0.619. The van der Waals surface area contributed by atoms with Crippen molar-refractivity contribution >= 4 is 22.1 Å². The Morgan fingerprint density at radius 2 is 1.95 bits per heavy atom. The minimum atomic E-state index is -3.54. The first kappa shape index (κ1) is 13.7. The van der Waals surface area contributed by atoms with E-state index >= 15 is 0 Å². The molecule has 1 aromatic rings. The topological polar surface area (TPSA) is 92.7 Å². The number of carboxylic acids is 1. The third kappa shape index (κ3) is 3.63. The summed E-state index contributed by atoms with van der Waals surface area (Å²) in [5, 5.41) is 8.49. The number of hydrogen-bond acceptors (Lipinski definition) is 4. The van der Waals surface area contributed by atoms with Gasteiger partial charge < -0.3 is 9.84 Å². The molecule has 0 amide bonds. The predicted molar refractivity (Wildman–Crippen MR) is 68.0 cm³/mol. The molecule has 1 aliphatic heterocycles. The number of aliphatic carboxylic acids is 1. The fraction of sp³-hybridized carbons (Fsp3) is 0.250. The normalized spacial score (nSPS) is 16.4. The minimum Gasteiger partial charge on any atom is -0.478 e. The first-order chi connectivity index (χ1) is 8.97. The lowest BCUT2D eigenvalue weighted by Crippen LogP contribution is -2.48. The molecule has 1 saturated heterocycles. The highest BCUT2D eigenvalue weighted by Crippen LogP contribution is 2.13. The van der Waals surface area contributed by atoms with Crippen molar-refractivity contribution in [3.8, 4) is 0 Å². The van der Waals surface area contributed by atoms with Crippen LogP contribution in [0.3, 0.4) is 0 Å². The smallest absolute Gasteiger partial charge is 0.328 e. The molecule has 2 N–H and O–H groups in total. The van der Waals surface area contributed by atoms with Crippen LogP contribution in [0.1, 0.15) is 5.56 Å². The molecular formula is C12H13NO5S. The number of nitrogens with one attached hydrogen (secondary N) is 1. The van der Waals surface area contributed by atoms with Crippen LogP contribution >= 0.6 is 0 Å². The van der Waals surface area contributed by atoms with E-state index < -0.39 is 16.0 Å². The third-order valence-corrected chi connectivity index (χ3v) is 4.11. The molecule has 0 saturated carbocycles. The van der Waals surface area contributed by atoms with Crippen molar-refractivity contribution in [2.45, 2.75) is 10.9 Å². The van der Waals surface area contributed by atoms with Crippen LogP contribution in [-0.2, 0) is 19.6 Å². The zero-order valence-electron chi connectivity index (χ0n) is 9.94. The molecule has 0 unspecified atom stereocenters. The van der Waals surface area contributed by atoms with Crippen LogP contribution < -0.4 is 4.72 Å². The third-order valence-electron chi connectivity index (χ3n) is 2.57. The molecule has 19 heavy (non-hydrogen) atoms. The summed E-state index contributed by atoms with van der Waals surface area (Å²) in [6.45, 7) is 0.775. The van der Waals surface area contributed by atoms with Gasteiger partial charge in [-0.2, -0.15) is 0 Å². The summed E-state index contributed by atoms with van der Waals surface area (Å²) in [4.78, 5) is 10.5. The van der Waals surface area contributed by atoms with Gasteiger partial charge in [-0.15, -0.1) is 0 Å². The second-order valence-electron chi connectivity index (χ2n) is 4.10. The van der Waals surface area contributed by atoms with Gasteiger partial charge in [0.05, 0.1) is 24.2 Å². The maximum absolute atomic E-state index is 11.9. The predicted octanol–water partition coefficient (Wildman–Crippen LogP) is 0.461. The highest BCUT2D eigenvalue weighted by atomic mass is 32.2. The summed E-state index contributed by atoms with van der Waals surface area (Å²) in [6.07, 6.45) is 2.39. The van der Waals surface area contributed by atoms with Crippen molar-refractivity contribution < 1.29 is 23.1 Å². The molecule has 6 nitrogen and oxygen atoms in total. The number of sulfonamides is 1. The molecule has 0 spiro atoms. The summed E-state index contributed by atoms with van der Waals surface area (Å²) >= 11 is 0. The Bertz CT molecular complexity index is 587. The van der Waals surface area contributed by atoms with Crippen LogP contribution in [0.2, 0.25) is 0 Å². The van der Waals surface area contributed by atoms with E-state index in [2.05, 4.69) is 4.72 Å². The quantitative estimate of drug-likeness (QED) is 0.766. The molecule has 0 aliphatic carbocycles. The van der Waals surface area contributed by atoms with Gasteiger partial charge in [0.15, 0.2) is 0 Å². The molecule has 1 fully saturated rings. The van der Waals surface area contributed by atoms with Gasteiger partial charge in [0.1, 0.15) is 0 Å². The molecule has 0 atom stereocenters. The first-order valence-corrected chi connectivity index (χ1v) is 7.07. The van der Waals surface area contributed by atoms with E-state index in [0.717, 1.165) is 6.08 Å². The van der Waals surface area contributed by atoms with Crippen molar-refractivity contribution in [3.05, 3.63) is 35.9 Å². The van der Waals surface area contributed by atoms with E-state index in [9.17, 15) is 13.2 Å². The number of rotatable bonds is 5. The van der Waals surface area contributed by atoms with Crippen molar-refractivity contribution in [3.63, 3.8) is 0 Å². The summed E-state index contributed by atoms with van der Waals surface area (Å²) < 4.78 is 31.3. The zero-order valence-corrected chi connectivity index (χ0v) is 10.8. The Labute approximate surface area is 110 Å². The van der Waals surface area contributed by atoms with Gasteiger partial charge in [0.2, 0.25) is 10.0 Å². The Morgan fingerprint density at radius 1 is 1.32 bits per heavy atom. The van der Waals surface area contributed by atoms with Crippen molar-refractivity contribution in [2.24, 2.45) is 0 Å². The van der Waals surface area contributed by atoms with Gasteiger partial charge in [-0.3, -0.25) is 0 Å². The molecular weight excluding hydrogens is 270 g/mol. The van der Waals surface area contributed by atoms with Crippen LogP contribution in [0, 0.1) is 0 Å². The molecule has 0 aromatic heterocycles. The Hall–Kier alpha value is -1.70. The van der Waals surface area contributed by atoms with Crippen LogP contribution in [0.15, 0.2) is 35.2 Å². The van der Waals surface area contributed by atoms with Gasteiger partial charge >= 0.3 is 5.97 Å². The molecule has 1 aliphatic rings. The molecule has 7 heteroatoms. The summed E-state index contributed by atoms with van der Waals surface area (Å²) in [5.74, 6) is -1.05. The van der Waals surface area contributed by atoms with Gasteiger partial charge in [-0.1, -0.05) is 12.1 Å². The number of benzene rings is 1. The van der Waals surface area contributed by atoms with Crippen LogP contribution in [-0.4, -0.2) is 38.7 Å². The fourth-order valence-corrected chi connectivity index (χ4v) is 2.72. The number of ether oxygens (including phenoxy) is 1. The lowest BCUT2D eigenvalue weighted by molar-refractivity contribution is -0.131. The first-order valence-electron chi connectivity index (χ1n) is 5.58. The standard InChI is InChI=1S/C12H13NO5S/c14-12(15)6-3-9-1-4-11(5-2-9)19(16,17)13-10-7-18-8-10/h1-6,10,13H,7-8H2,(H,14,15). The second kappa shape index (κ2) is 5.52. The van der Waals surface area contributed by atoms with Gasteiger partial charge in [-0.25, -0.2) is 17.9 Å². The van der Waals surface area contributed by atoms with E-state index in [-0.39, 0.29) is 10.9 Å². The average Bonchev–Trinajstić information content (AvgIpc) is 2.32. The van der Waals surface area contributed by atoms with E-state index in [0.29, 0.717) is 18.8 Å². The van der Waals surface area contributed by atoms with E-state index in [1.54, 1.807) is 12.1 Å². The largest absolute Gasteiger partial charge is 0.478 e. The highest BCUT2D eigenvalue weighted by molar-refractivity contribution is 7.89. The number of carbonyl (C=O) groups is 1. The maximum Gasteiger partial charge on any atom is 0.328 e. The van der Waals surface area contributed by atoms with E-state index in [1.807, 2.05) is 0 Å². The van der Waals surface area contributed by atoms with Crippen molar-refractivity contribution in [1.29, 1.82) is 0 Å². The monoisotopic (exact) mass is 283 g/mol. The minimum absolute atomic E-state index is 0.145. The lowest BCUT2D eigenvalue weighted by Gasteiger charge is -2.26. The maximum atomic E-state index is 11.9. The second-order valence-corrected chi connectivity index (χ2v) is 5.81. The SMILES string of the molecule is O=C(O)C=Cc1ccc(S(=O)(=O)NC2COC2)cc1. The van der Waals surface area contributed by atoms with E-state index in [4.69, 9.17) is 9.84 Å². The lowest BCUT2D eigenvalue weighted by atomic mass is 10.2. The van der Waals surface area contributed by atoms with E-state index in [1.165, 1.54) is 18.2 Å². The Balaban J connectivity index is 2.10. The Morgan fingerprint density at radius 3 is 2.42 bits per heavy atom. The molecule has 1 aromatic carbocycles. The Kier molecular flexibility index (Phi) is 3.98. The van der Waals surface area contributed by atoms with Crippen LogP contribution in [0.5, 0.6) is 0 Å². The molecule has 2 rings (SSSR count). The molecule has 1 heterocycles. The van der Waals surface area contributed by atoms with Crippen molar-refractivity contribution in [1.82, 2.24) is 4.72 Å². The van der Waals surface area contributed by atoms with Gasteiger partial charge in [-0.05, 0) is 23.8 Å². The number of hydrogen-bond donors (Lipinski definition) is 2.